The van der Waals surface area contributed by atoms with Crippen LogP contribution in [0.5, 0.6) is 0 Å². The molecule has 4 heteroatoms. The molecular formula is C20H22N2O2. The predicted molar refractivity (Wildman–Crippen MR) is 94.3 cm³/mol. The van der Waals surface area contributed by atoms with Gasteiger partial charge < -0.3 is 9.52 Å². The summed E-state index contributed by atoms with van der Waals surface area (Å²) >= 11 is 0. The van der Waals surface area contributed by atoms with Gasteiger partial charge in [-0.05, 0) is 31.2 Å². The van der Waals surface area contributed by atoms with Gasteiger partial charge in [0.15, 0.2) is 0 Å². The summed E-state index contributed by atoms with van der Waals surface area (Å²) in [5.74, 6) is 0.636. The molecule has 0 aliphatic rings. The number of aliphatic hydroxyl groups is 1. The van der Waals surface area contributed by atoms with Crippen molar-refractivity contribution in [2.45, 2.75) is 19.0 Å². The molecule has 1 atom stereocenters. The van der Waals surface area contributed by atoms with E-state index in [1.807, 2.05) is 55.6 Å². The lowest BCUT2D eigenvalue weighted by Gasteiger charge is -2.27. The minimum absolute atomic E-state index is 0.146. The average molecular weight is 322 g/mol. The molecule has 4 nitrogen and oxygen atoms in total. The number of benzene rings is 2. The van der Waals surface area contributed by atoms with Crippen LogP contribution in [0.15, 0.2) is 71.3 Å². The molecule has 1 N–H and O–H groups in total. The zero-order chi connectivity index (χ0) is 16.8. The van der Waals surface area contributed by atoms with Gasteiger partial charge in [0.25, 0.3) is 0 Å². The molecule has 0 saturated carbocycles. The second-order valence-electron chi connectivity index (χ2n) is 5.86. The number of oxazole rings is 1. The number of aliphatic hydroxyl groups excluding tert-OH is 1. The Kier molecular flexibility index (Phi) is 5.41. The maximum absolute atomic E-state index is 9.40. The lowest BCUT2D eigenvalue weighted by molar-refractivity contribution is 0.178. The summed E-state index contributed by atoms with van der Waals surface area (Å²) in [6, 6.07) is 20.3. The van der Waals surface area contributed by atoms with Gasteiger partial charge in [-0.15, -0.1) is 0 Å². The Morgan fingerprint density at radius 1 is 1.04 bits per heavy atom. The summed E-state index contributed by atoms with van der Waals surface area (Å²) in [5, 5.41) is 9.40. The second kappa shape index (κ2) is 7.90. The van der Waals surface area contributed by atoms with Gasteiger partial charge >= 0.3 is 0 Å². The molecule has 0 amide bonds. The Bertz CT molecular complexity index is 741. The third kappa shape index (κ3) is 3.91. The van der Waals surface area contributed by atoms with E-state index in [1.165, 1.54) is 5.56 Å². The van der Waals surface area contributed by atoms with Crippen LogP contribution < -0.4 is 0 Å². The lowest BCUT2D eigenvalue weighted by Crippen LogP contribution is -2.25. The first-order valence-electron chi connectivity index (χ1n) is 8.14. The molecule has 0 spiro atoms. The highest BCUT2D eigenvalue weighted by Gasteiger charge is 2.18. The maximum atomic E-state index is 9.40. The highest BCUT2D eigenvalue weighted by atomic mass is 16.3. The molecule has 3 rings (SSSR count). The molecule has 0 saturated heterocycles. The molecule has 0 aliphatic heterocycles. The number of rotatable bonds is 7. The molecule has 1 heterocycles. The van der Waals surface area contributed by atoms with Crippen molar-refractivity contribution in [3.8, 4) is 11.5 Å². The standard InChI is InChI=1S/C20H22N2O2/c1-22(19(12-13-23)16-8-4-2-5-9-16)14-18-15-24-20(21-18)17-10-6-3-7-11-17/h2-11,15,19,23H,12-14H2,1H3. The van der Waals surface area contributed by atoms with Crippen LogP contribution in [0.3, 0.4) is 0 Å². The molecule has 24 heavy (non-hydrogen) atoms. The van der Waals surface area contributed by atoms with Crippen LogP contribution in [-0.2, 0) is 6.54 Å². The molecule has 0 radical (unpaired) electrons. The van der Waals surface area contributed by atoms with Gasteiger partial charge in [-0.3, -0.25) is 4.90 Å². The van der Waals surface area contributed by atoms with E-state index in [4.69, 9.17) is 4.42 Å². The summed E-state index contributed by atoms with van der Waals surface area (Å²) in [6.45, 7) is 0.813. The van der Waals surface area contributed by atoms with Crippen molar-refractivity contribution >= 4 is 0 Å². The molecule has 0 fully saturated rings. The van der Waals surface area contributed by atoms with Crippen molar-refractivity contribution < 1.29 is 9.52 Å². The molecule has 124 valence electrons. The zero-order valence-corrected chi connectivity index (χ0v) is 13.8. The number of nitrogens with zero attached hydrogens (tertiary/aromatic N) is 2. The fourth-order valence-electron chi connectivity index (χ4n) is 2.90. The van der Waals surface area contributed by atoms with Gasteiger partial charge in [-0.2, -0.15) is 0 Å². The SMILES string of the molecule is CN(Cc1coc(-c2ccccc2)n1)C(CCO)c1ccccc1. The minimum atomic E-state index is 0.146. The Labute approximate surface area is 142 Å². The Morgan fingerprint density at radius 3 is 2.38 bits per heavy atom. The molecule has 2 aromatic carbocycles. The van der Waals surface area contributed by atoms with Gasteiger partial charge in [0.2, 0.25) is 5.89 Å². The molecular weight excluding hydrogens is 300 g/mol. The van der Waals surface area contributed by atoms with E-state index in [-0.39, 0.29) is 12.6 Å². The highest BCUT2D eigenvalue weighted by Crippen LogP contribution is 2.25. The predicted octanol–water partition coefficient (Wildman–Crippen LogP) is 3.90. The Balaban J connectivity index is 1.73. The van der Waals surface area contributed by atoms with E-state index in [2.05, 4.69) is 22.0 Å². The van der Waals surface area contributed by atoms with Crippen LogP contribution in [-0.4, -0.2) is 28.6 Å². The Hall–Kier alpha value is -2.43. The smallest absolute Gasteiger partial charge is 0.226 e. The van der Waals surface area contributed by atoms with Gasteiger partial charge in [0.1, 0.15) is 6.26 Å². The van der Waals surface area contributed by atoms with Crippen molar-refractivity contribution in [2.75, 3.05) is 13.7 Å². The monoisotopic (exact) mass is 322 g/mol. The molecule has 0 aliphatic carbocycles. The van der Waals surface area contributed by atoms with Crippen LogP contribution in [0, 0.1) is 0 Å². The van der Waals surface area contributed by atoms with Crippen LogP contribution in [0.25, 0.3) is 11.5 Å². The largest absolute Gasteiger partial charge is 0.444 e. The summed E-state index contributed by atoms with van der Waals surface area (Å²) in [7, 11) is 2.05. The number of hydrogen-bond donors (Lipinski definition) is 1. The number of hydrogen-bond acceptors (Lipinski definition) is 4. The quantitative estimate of drug-likeness (QED) is 0.717. The van der Waals surface area contributed by atoms with Gasteiger partial charge in [0.05, 0.1) is 5.69 Å². The van der Waals surface area contributed by atoms with Crippen molar-refractivity contribution in [1.82, 2.24) is 9.88 Å². The molecule has 3 aromatic rings. The normalized spacial score (nSPS) is 12.5. The van der Waals surface area contributed by atoms with Gasteiger partial charge in [-0.25, -0.2) is 4.98 Å². The average Bonchev–Trinajstić information content (AvgIpc) is 3.09. The fraction of sp³-hybridized carbons (Fsp3) is 0.250. The van der Waals surface area contributed by atoms with E-state index in [0.29, 0.717) is 18.9 Å². The van der Waals surface area contributed by atoms with Crippen molar-refractivity contribution in [2.24, 2.45) is 0 Å². The fourth-order valence-corrected chi connectivity index (χ4v) is 2.90. The molecule has 1 unspecified atom stereocenters. The first-order chi connectivity index (χ1) is 11.8. The van der Waals surface area contributed by atoms with Crippen molar-refractivity contribution in [3.05, 3.63) is 78.2 Å². The summed E-state index contributed by atoms with van der Waals surface area (Å²) in [5.41, 5.74) is 3.05. The topological polar surface area (TPSA) is 49.5 Å². The van der Waals surface area contributed by atoms with E-state index in [9.17, 15) is 5.11 Å². The molecule has 1 aromatic heterocycles. The van der Waals surface area contributed by atoms with Gasteiger partial charge in [-0.1, -0.05) is 48.5 Å². The van der Waals surface area contributed by atoms with E-state index < -0.39 is 0 Å². The highest BCUT2D eigenvalue weighted by molar-refractivity contribution is 5.52. The van der Waals surface area contributed by atoms with E-state index >= 15 is 0 Å². The molecule has 0 bridgehead atoms. The Morgan fingerprint density at radius 2 is 1.71 bits per heavy atom. The van der Waals surface area contributed by atoms with Crippen LogP contribution in [0.1, 0.15) is 23.7 Å². The lowest BCUT2D eigenvalue weighted by atomic mass is 10.0. The number of aromatic nitrogens is 1. The third-order valence-corrected chi connectivity index (χ3v) is 4.10. The second-order valence-corrected chi connectivity index (χ2v) is 5.86. The minimum Gasteiger partial charge on any atom is -0.444 e. The van der Waals surface area contributed by atoms with E-state index in [1.54, 1.807) is 6.26 Å². The summed E-state index contributed by atoms with van der Waals surface area (Å²) in [6.07, 6.45) is 2.39. The van der Waals surface area contributed by atoms with Crippen LogP contribution in [0.2, 0.25) is 0 Å². The van der Waals surface area contributed by atoms with Gasteiger partial charge in [0, 0.05) is 24.8 Å². The van der Waals surface area contributed by atoms with Crippen LogP contribution >= 0.6 is 0 Å². The summed E-state index contributed by atoms with van der Waals surface area (Å²) in [4.78, 5) is 6.78. The zero-order valence-electron chi connectivity index (χ0n) is 13.8. The summed E-state index contributed by atoms with van der Waals surface area (Å²) < 4.78 is 5.61. The third-order valence-electron chi connectivity index (χ3n) is 4.10. The van der Waals surface area contributed by atoms with Crippen molar-refractivity contribution in [1.29, 1.82) is 0 Å². The first-order valence-corrected chi connectivity index (χ1v) is 8.14. The van der Waals surface area contributed by atoms with Crippen molar-refractivity contribution in [3.63, 3.8) is 0 Å². The van der Waals surface area contributed by atoms with Crippen LogP contribution in [0.4, 0.5) is 0 Å². The van der Waals surface area contributed by atoms with E-state index in [0.717, 1.165) is 11.3 Å². The first kappa shape index (κ1) is 16.4. The maximum Gasteiger partial charge on any atom is 0.226 e.